The summed E-state index contributed by atoms with van der Waals surface area (Å²) in [5, 5.41) is 0. The SMILES string of the molecule is CC(C)CC(C(=O)N1CCN(C)c2nc3ccccc3nc21)N1C(=O)c2ccccc2C1=O. The molecule has 33 heavy (non-hydrogen) atoms. The van der Waals surface area contributed by atoms with E-state index in [1.165, 1.54) is 0 Å². The van der Waals surface area contributed by atoms with E-state index in [0.717, 1.165) is 10.4 Å². The van der Waals surface area contributed by atoms with Crippen LogP contribution in [0, 0.1) is 5.92 Å². The summed E-state index contributed by atoms with van der Waals surface area (Å²) in [5.74, 6) is 0.00823. The van der Waals surface area contributed by atoms with Crippen molar-refractivity contribution < 1.29 is 14.4 Å². The van der Waals surface area contributed by atoms with E-state index in [0.29, 0.717) is 47.8 Å². The molecule has 0 radical (unpaired) electrons. The van der Waals surface area contributed by atoms with Gasteiger partial charge in [0.2, 0.25) is 0 Å². The van der Waals surface area contributed by atoms with E-state index < -0.39 is 17.9 Å². The number of carbonyl (C=O) groups is 3. The maximum absolute atomic E-state index is 14.0. The molecule has 1 aromatic heterocycles. The quantitative estimate of drug-likeness (QED) is 0.576. The number of para-hydroxylation sites is 2. The molecule has 0 saturated carbocycles. The van der Waals surface area contributed by atoms with Gasteiger partial charge in [-0.05, 0) is 36.6 Å². The van der Waals surface area contributed by atoms with Crippen molar-refractivity contribution in [2.24, 2.45) is 5.92 Å². The van der Waals surface area contributed by atoms with Gasteiger partial charge in [0.25, 0.3) is 17.7 Å². The van der Waals surface area contributed by atoms with Crippen molar-refractivity contribution in [1.82, 2.24) is 14.9 Å². The average Bonchev–Trinajstić information content (AvgIpc) is 3.06. The fourth-order valence-corrected chi connectivity index (χ4v) is 4.53. The van der Waals surface area contributed by atoms with Crippen LogP contribution in [0.2, 0.25) is 0 Å². The highest BCUT2D eigenvalue weighted by Gasteiger charge is 2.45. The number of likely N-dealkylation sites (N-methyl/N-ethyl adjacent to an activating group) is 1. The van der Waals surface area contributed by atoms with Crippen molar-refractivity contribution in [3.8, 4) is 0 Å². The summed E-state index contributed by atoms with van der Waals surface area (Å²) >= 11 is 0. The Bertz CT molecular complexity index is 1250. The molecule has 5 rings (SSSR count). The lowest BCUT2D eigenvalue weighted by atomic mass is 10.0. The second-order valence-electron chi connectivity index (χ2n) is 8.94. The first-order chi connectivity index (χ1) is 15.9. The van der Waals surface area contributed by atoms with Crippen molar-refractivity contribution in [2.75, 3.05) is 29.9 Å². The normalized spacial score (nSPS) is 16.4. The van der Waals surface area contributed by atoms with Crippen molar-refractivity contribution >= 4 is 40.4 Å². The van der Waals surface area contributed by atoms with Crippen LogP contribution < -0.4 is 9.80 Å². The summed E-state index contributed by atoms with van der Waals surface area (Å²) in [6, 6.07) is 13.3. The lowest BCUT2D eigenvalue weighted by Gasteiger charge is -2.37. The molecule has 0 N–H and O–H groups in total. The molecular weight excluding hydrogens is 418 g/mol. The monoisotopic (exact) mass is 443 g/mol. The average molecular weight is 444 g/mol. The Morgan fingerprint density at radius 2 is 1.42 bits per heavy atom. The number of nitrogens with zero attached hydrogens (tertiary/aromatic N) is 5. The van der Waals surface area contributed by atoms with E-state index in [-0.39, 0.29) is 11.8 Å². The predicted molar refractivity (Wildman–Crippen MR) is 125 cm³/mol. The Balaban J connectivity index is 1.57. The minimum absolute atomic E-state index is 0.0953. The lowest BCUT2D eigenvalue weighted by molar-refractivity contribution is -0.123. The molecule has 0 bridgehead atoms. The highest BCUT2D eigenvalue weighted by molar-refractivity contribution is 6.23. The van der Waals surface area contributed by atoms with Crippen LogP contribution in [0.4, 0.5) is 11.6 Å². The molecule has 8 nitrogen and oxygen atoms in total. The van der Waals surface area contributed by atoms with E-state index in [2.05, 4.69) is 0 Å². The molecule has 0 aliphatic carbocycles. The zero-order valence-electron chi connectivity index (χ0n) is 18.9. The molecule has 0 fully saturated rings. The fraction of sp³-hybridized carbons (Fsp3) is 0.320. The largest absolute Gasteiger partial charge is 0.355 e. The number of carbonyl (C=O) groups excluding carboxylic acids is 3. The zero-order chi connectivity index (χ0) is 23.3. The molecule has 2 aliphatic heterocycles. The van der Waals surface area contributed by atoms with Crippen LogP contribution in [-0.4, -0.2) is 58.8 Å². The maximum Gasteiger partial charge on any atom is 0.262 e. The first kappa shape index (κ1) is 21.1. The molecule has 3 amide bonds. The standard InChI is InChI=1S/C25H25N5O3/c1-15(2)14-20(30-23(31)16-8-4-5-9-17(16)24(30)32)25(33)29-13-12-28(3)21-22(29)27-19-11-7-6-10-18(19)26-21/h4-11,15,20H,12-14H2,1-3H3. The van der Waals surface area contributed by atoms with Crippen LogP contribution in [0.15, 0.2) is 48.5 Å². The highest BCUT2D eigenvalue weighted by atomic mass is 16.2. The number of fused-ring (bicyclic) bond motifs is 3. The van der Waals surface area contributed by atoms with E-state index in [9.17, 15) is 14.4 Å². The van der Waals surface area contributed by atoms with Crippen LogP contribution in [0.25, 0.3) is 11.0 Å². The molecule has 3 heterocycles. The first-order valence-electron chi connectivity index (χ1n) is 11.1. The minimum Gasteiger partial charge on any atom is -0.355 e. The Kier molecular flexibility index (Phi) is 5.08. The van der Waals surface area contributed by atoms with Gasteiger partial charge in [-0.1, -0.05) is 38.1 Å². The second-order valence-corrected chi connectivity index (χ2v) is 8.94. The molecule has 8 heteroatoms. The van der Waals surface area contributed by atoms with Gasteiger partial charge in [-0.3, -0.25) is 24.2 Å². The Morgan fingerprint density at radius 1 is 0.879 bits per heavy atom. The third-order valence-corrected chi connectivity index (χ3v) is 6.19. The lowest BCUT2D eigenvalue weighted by Crippen LogP contribution is -2.54. The van der Waals surface area contributed by atoms with Gasteiger partial charge >= 0.3 is 0 Å². The highest BCUT2D eigenvalue weighted by Crippen LogP contribution is 2.33. The molecule has 2 aliphatic rings. The summed E-state index contributed by atoms with van der Waals surface area (Å²) in [5.41, 5.74) is 2.12. The summed E-state index contributed by atoms with van der Waals surface area (Å²) in [6.45, 7) is 4.92. The van der Waals surface area contributed by atoms with Gasteiger partial charge in [0.05, 0.1) is 22.2 Å². The third kappa shape index (κ3) is 3.42. The molecular formula is C25H25N5O3. The maximum atomic E-state index is 14.0. The topological polar surface area (TPSA) is 86.7 Å². The van der Waals surface area contributed by atoms with Gasteiger partial charge in [-0.25, -0.2) is 9.97 Å². The Hall–Kier alpha value is -3.81. The van der Waals surface area contributed by atoms with Gasteiger partial charge in [-0.15, -0.1) is 0 Å². The molecule has 168 valence electrons. The van der Waals surface area contributed by atoms with Crippen LogP contribution in [0.5, 0.6) is 0 Å². The van der Waals surface area contributed by atoms with Gasteiger partial charge in [-0.2, -0.15) is 0 Å². The van der Waals surface area contributed by atoms with Gasteiger partial charge in [0.15, 0.2) is 11.6 Å². The number of imide groups is 1. The fourth-order valence-electron chi connectivity index (χ4n) is 4.53. The van der Waals surface area contributed by atoms with Crippen LogP contribution in [0.1, 0.15) is 41.0 Å². The molecule has 1 atom stereocenters. The van der Waals surface area contributed by atoms with Crippen molar-refractivity contribution in [1.29, 1.82) is 0 Å². The van der Waals surface area contributed by atoms with Gasteiger partial charge in [0, 0.05) is 20.1 Å². The number of aromatic nitrogens is 2. The van der Waals surface area contributed by atoms with Crippen LogP contribution >= 0.6 is 0 Å². The summed E-state index contributed by atoms with van der Waals surface area (Å²) in [6.07, 6.45) is 0.368. The van der Waals surface area contributed by atoms with Gasteiger partial charge in [0.1, 0.15) is 6.04 Å². The van der Waals surface area contributed by atoms with Crippen molar-refractivity contribution in [2.45, 2.75) is 26.3 Å². The summed E-state index contributed by atoms with van der Waals surface area (Å²) in [4.78, 5) is 54.5. The minimum atomic E-state index is -0.915. The number of anilines is 2. The molecule has 2 aromatic carbocycles. The Morgan fingerprint density at radius 3 is 2.00 bits per heavy atom. The van der Waals surface area contributed by atoms with Crippen molar-refractivity contribution in [3.63, 3.8) is 0 Å². The molecule has 1 unspecified atom stereocenters. The number of hydrogen-bond acceptors (Lipinski definition) is 6. The third-order valence-electron chi connectivity index (χ3n) is 6.19. The zero-order valence-corrected chi connectivity index (χ0v) is 18.9. The van der Waals surface area contributed by atoms with E-state index in [1.807, 2.05) is 50.1 Å². The smallest absolute Gasteiger partial charge is 0.262 e. The van der Waals surface area contributed by atoms with Crippen molar-refractivity contribution in [3.05, 3.63) is 59.7 Å². The number of benzene rings is 2. The molecule has 3 aromatic rings. The molecule has 0 spiro atoms. The molecule has 0 saturated heterocycles. The summed E-state index contributed by atoms with van der Waals surface area (Å²) < 4.78 is 0. The Labute approximate surface area is 191 Å². The first-order valence-corrected chi connectivity index (χ1v) is 11.1. The van der Waals surface area contributed by atoms with E-state index >= 15 is 0 Å². The summed E-state index contributed by atoms with van der Waals surface area (Å²) in [7, 11) is 1.92. The van der Waals surface area contributed by atoms with E-state index in [1.54, 1.807) is 29.2 Å². The number of rotatable bonds is 4. The van der Waals surface area contributed by atoms with Crippen LogP contribution in [0.3, 0.4) is 0 Å². The predicted octanol–water partition coefficient (Wildman–Crippen LogP) is 3.12. The van der Waals surface area contributed by atoms with Crippen LogP contribution in [-0.2, 0) is 4.79 Å². The second kappa shape index (κ2) is 7.95. The number of hydrogen-bond donors (Lipinski definition) is 0. The van der Waals surface area contributed by atoms with Gasteiger partial charge < -0.3 is 4.90 Å². The number of amides is 3. The van der Waals surface area contributed by atoms with E-state index in [4.69, 9.17) is 9.97 Å².